The van der Waals surface area contributed by atoms with Crippen molar-refractivity contribution in [2.24, 2.45) is 0 Å². The molecule has 0 spiro atoms. The Morgan fingerprint density at radius 1 is 0.784 bits per heavy atom. The molecule has 1 nitrogen and oxygen atoms in total. The summed E-state index contributed by atoms with van der Waals surface area (Å²) in [7, 11) is 0. The molecule has 0 heterocycles. The van der Waals surface area contributed by atoms with Crippen LogP contribution in [0.25, 0.3) is 17.0 Å². The summed E-state index contributed by atoms with van der Waals surface area (Å²) in [6.45, 7) is 1.77. The number of ether oxygens (including phenoxy) is 1. The van der Waals surface area contributed by atoms with Crippen LogP contribution in [0.4, 0.5) is 48.3 Å². The number of halogens is 11. The van der Waals surface area contributed by atoms with Crippen molar-refractivity contribution in [3.05, 3.63) is 94.3 Å². The van der Waals surface area contributed by atoms with Crippen molar-refractivity contribution in [3.63, 3.8) is 0 Å². The van der Waals surface area contributed by atoms with E-state index in [2.05, 4.69) is 4.74 Å². The minimum atomic E-state index is -5.89. The summed E-state index contributed by atoms with van der Waals surface area (Å²) >= 11 is 0. The third kappa shape index (κ3) is 5.89. The highest BCUT2D eigenvalue weighted by Crippen LogP contribution is 2.39. The molecule has 0 radical (unpaired) electrons. The molecule has 0 atom stereocenters. The van der Waals surface area contributed by atoms with E-state index < -0.39 is 64.1 Å². The normalized spacial score (nSPS) is 13.0. The first kappa shape index (κ1) is 28.0. The van der Waals surface area contributed by atoms with Crippen molar-refractivity contribution in [3.8, 4) is 16.9 Å². The van der Waals surface area contributed by atoms with E-state index >= 15 is 0 Å². The highest BCUT2D eigenvalue weighted by Gasteiger charge is 2.40. The topological polar surface area (TPSA) is 9.23 Å². The third-order valence-corrected chi connectivity index (χ3v) is 5.14. The van der Waals surface area contributed by atoms with Crippen molar-refractivity contribution in [2.45, 2.75) is 32.1 Å². The predicted octanol–water partition coefficient (Wildman–Crippen LogP) is 9.16. The lowest BCUT2D eigenvalue weighted by atomic mass is 9.99. The Kier molecular flexibility index (Phi) is 7.89. The summed E-state index contributed by atoms with van der Waals surface area (Å²) < 4.78 is 154. The van der Waals surface area contributed by atoms with Gasteiger partial charge in [0.15, 0.2) is 17.5 Å². The number of aryl methyl sites for hydroxylation is 1. The summed E-state index contributed by atoms with van der Waals surface area (Å²) in [6.07, 6.45) is -9.33. The molecule has 0 N–H and O–H groups in total. The van der Waals surface area contributed by atoms with Crippen LogP contribution in [-0.4, -0.2) is 6.18 Å². The SMILES string of the molecule is CCCc1ccc(-c2ccc(C(F)(F)Oc3cc(F)c(C(F)=C(F)C(F)(F)F)c(F)c3)cc2)c(F)c1F. The van der Waals surface area contributed by atoms with E-state index in [0.29, 0.717) is 6.42 Å². The van der Waals surface area contributed by atoms with E-state index in [0.717, 1.165) is 24.3 Å². The zero-order chi connectivity index (χ0) is 27.7. The predicted molar refractivity (Wildman–Crippen MR) is 112 cm³/mol. The Labute approximate surface area is 202 Å². The highest BCUT2D eigenvalue weighted by molar-refractivity contribution is 5.65. The molecule has 198 valence electrons. The lowest BCUT2D eigenvalue weighted by Crippen LogP contribution is -2.22. The largest absolute Gasteiger partial charge is 0.445 e. The fourth-order valence-electron chi connectivity index (χ4n) is 3.38. The molecule has 0 unspecified atom stereocenters. The Morgan fingerprint density at radius 2 is 1.35 bits per heavy atom. The molecule has 12 heteroatoms. The number of rotatable bonds is 7. The van der Waals surface area contributed by atoms with Gasteiger partial charge in [0.1, 0.15) is 17.4 Å². The van der Waals surface area contributed by atoms with Crippen LogP contribution in [-0.2, 0) is 12.5 Å². The van der Waals surface area contributed by atoms with Crippen LogP contribution in [0.5, 0.6) is 5.75 Å². The molecule has 0 fully saturated rings. The lowest BCUT2D eigenvalue weighted by Gasteiger charge is -2.19. The van der Waals surface area contributed by atoms with Gasteiger partial charge in [0.25, 0.3) is 0 Å². The van der Waals surface area contributed by atoms with Crippen LogP contribution in [0.2, 0.25) is 0 Å². The maximum Gasteiger partial charge on any atom is 0.445 e. The molecular weight excluding hydrogens is 525 g/mol. The maximum absolute atomic E-state index is 14.6. The minimum Gasteiger partial charge on any atom is -0.429 e. The van der Waals surface area contributed by atoms with Gasteiger partial charge in [-0.05, 0) is 29.7 Å². The van der Waals surface area contributed by atoms with Crippen LogP contribution < -0.4 is 4.74 Å². The molecule has 0 amide bonds. The van der Waals surface area contributed by atoms with E-state index in [1.807, 2.05) is 0 Å². The molecule has 37 heavy (non-hydrogen) atoms. The lowest BCUT2D eigenvalue weighted by molar-refractivity contribution is -0.185. The molecule has 0 aliphatic carbocycles. The number of hydrogen-bond donors (Lipinski definition) is 0. The number of alkyl halides is 5. The fourth-order valence-corrected chi connectivity index (χ4v) is 3.38. The van der Waals surface area contributed by atoms with Gasteiger partial charge in [-0.2, -0.15) is 26.3 Å². The zero-order valence-electron chi connectivity index (χ0n) is 18.6. The summed E-state index contributed by atoms with van der Waals surface area (Å²) in [5, 5.41) is 0. The molecule has 0 saturated heterocycles. The quantitative estimate of drug-likeness (QED) is 0.272. The molecule has 3 aromatic carbocycles. The van der Waals surface area contributed by atoms with Crippen LogP contribution in [0.1, 0.15) is 30.0 Å². The summed E-state index contributed by atoms with van der Waals surface area (Å²) in [4.78, 5) is 0. The first-order valence-corrected chi connectivity index (χ1v) is 10.4. The van der Waals surface area contributed by atoms with Crippen LogP contribution in [0.3, 0.4) is 0 Å². The molecule has 0 aliphatic heterocycles. The first-order valence-electron chi connectivity index (χ1n) is 10.4. The third-order valence-electron chi connectivity index (χ3n) is 5.14. The van der Waals surface area contributed by atoms with Crippen molar-refractivity contribution < 1.29 is 53.0 Å². The van der Waals surface area contributed by atoms with Crippen molar-refractivity contribution in [1.82, 2.24) is 0 Å². The van der Waals surface area contributed by atoms with Crippen molar-refractivity contribution >= 4 is 5.83 Å². The molecule has 0 saturated carbocycles. The van der Waals surface area contributed by atoms with Crippen molar-refractivity contribution in [1.29, 1.82) is 0 Å². The summed E-state index contributed by atoms with van der Waals surface area (Å²) in [6, 6.07) is 6.05. The second kappa shape index (κ2) is 10.4. The summed E-state index contributed by atoms with van der Waals surface area (Å²) in [5.74, 6) is -14.1. The van der Waals surface area contributed by atoms with Crippen LogP contribution in [0.15, 0.2) is 54.4 Å². The van der Waals surface area contributed by atoms with E-state index in [4.69, 9.17) is 0 Å². The van der Waals surface area contributed by atoms with Gasteiger partial charge in [-0.25, -0.2) is 22.0 Å². The molecule has 3 rings (SSSR count). The van der Waals surface area contributed by atoms with Gasteiger partial charge in [0, 0.05) is 17.7 Å². The van der Waals surface area contributed by atoms with Gasteiger partial charge < -0.3 is 4.74 Å². The molecule has 0 aliphatic rings. The minimum absolute atomic E-state index is 0.0226. The Morgan fingerprint density at radius 3 is 1.86 bits per heavy atom. The van der Waals surface area contributed by atoms with E-state index in [1.165, 1.54) is 12.1 Å². The smallest absolute Gasteiger partial charge is 0.429 e. The molecular formula is C25H15F11O. The second-order valence-electron chi connectivity index (χ2n) is 7.73. The van der Waals surface area contributed by atoms with Gasteiger partial charge in [0.2, 0.25) is 5.83 Å². The monoisotopic (exact) mass is 540 g/mol. The Bertz CT molecular complexity index is 1300. The Balaban J connectivity index is 1.88. The van der Waals surface area contributed by atoms with Gasteiger partial charge in [-0.3, -0.25) is 0 Å². The molecule has 0 aromatic heterocycles. The average Bonchev–Trinajstić information content (AvgIpc) is 2.80. The van der Waals surface area contributed by atoms with Gasteiger partial charge in [-0.1, -0.05) is 37.6 Å². The van der Waals surface area contributed by atoms with E-state index in [9.17, 15) is 48.3 Å². The van der Waals surface area contributed by atoms with Crippen LogP contribution in [0, 0.1) is 23.3 Å². The molecule has 0 bridgehead atoms. The Hall–Kier alpha value is -3.57. The van der Waals surface area contributed by atoms with Crippen molar-refractivity contribution in [2.75, 3.05) is 0 Å². The van der Waals surface area contributed by atoms with Gasteiger partial charge in [-0.15, -0.1) is 0 Å². The van der Waals surface area contributed by atoms with E-state index in [1.54, 1.807) is 6.92 Å². The fraction of sp³-hybridized carbons (Fsp3) is 0.200. The van der Waals surface area contributed by atoms with E-state index in [-0.39, 0.29) is 35.2 Å². The zero-order valence-corrected chi connectivity index (χ0v) is 18.6. The summed E-state index contributed by atoms with van der Waals surface area (Å²) in [5.41, 5.74) is -3.02. The maximum atomic E-state index is 14.6. The molecule has 3 aromatic rings. The highest BCUT2D eigenvalue weighted by atomic mass is 19.4. The number of hydrogen-bond acceptors (Lipinski definition) is 1. The second-order valence-corrected chi connectivity index (χ2v) is 7.73. The van der Waals surface area contributed by atoms with Crippen LogP contribution >= 0.6 is 0 Å². The number of benzene rings is 3. The average molecular weight is 540 g/mol. The first-order chi connectivity index (χ1) is 17.2. The van der Waals surface area contributed by atoms with Gasteiger partial charge in [0.05, 0.1) is 11.1 Å². The standard InChI is InChI=1S/C25H15F11O/c1-2-3-13-6-9-16(21(29)20(13)28)12-4-7-14(8-5-12)25(35,36)37-15-10-17(26)19(18(27)11-15)22(30)23(31)24(32,33)34/h4-11H,2-3H2,1H3. The number of allylic oxidation sites excluding steroid dienone is 1. The van der Waals surface area contributed by atoms with Gasteiger partial charge >= 0.3 is 12.3 Å².